The summed E-state index contributed by atoms with van der Waals surface area (Å²) in [6.07, 6.45) is 6.30. The SMILES string of the molecule is Cc1c(F)cncc1C(=O)Nc1ccc2c(c1)CCCCC2=NOCc1ccccc1. The molecule has 1 aliphatic rings. The molecule has 4 rings (SSSR count). The number of fused-ring (bicyclic) bond motifs is 1. The molecule has 1 heterocycles. The van der Waals surface area contributed by atoms with Crippen LogP contribution in [0.5, 0.6) is 0 Å². The Morgan fingerprint density at radius 1 is 1.13 bits per heavy atom. The van der Waals surface area contributed by atoms with Crippen LogP contribution in [0, 0.1) is 12.7 Å². The van der Waals surface area contributed by atoms with Crippen molar-refractivity contribution in [3.05, 3.63) is 94.6 Å². The normalized spacial score (nSPS) is 14.6. The number of oxime groups is 1. The van der Waals surface area contributed by atoms with E-state index >= 15 is 0 Å². The number of benzene rings is 2. The lowest BCUT2D eigenvalue weighted by Gasteiger charge is -2.12. The zero-order valence-electron chi connectivity index (χ0n) is 17.4. The van der Waals surface area contributed by atoms with Gasteiger partial charge in [0.15, 0.2) is 0 Å². The monoisotopic (exact) mass is 417 g/mol. The van der Waals surface area contributed by atoms with Crippen LogP contribution in [0.3, 0.4) is 0 Å². The quantitative estimate of drug-likeness (QED) is 0.445. The van der Waals surface area contributed by atoms with E-state index in [1.807, 2.05) is 48.5 Å². The fraction of sp³-hybridized carbons (Fsp3) is 0.240. The molecule has 0 bridgehead atoms. The van der Waals surface area contributed by atoms with Crippen molar-refractivity contribution in [2.24, 2.45) is 5.16 Å². The number of nitrogens with zero attached hydrogens (tertiary/aromatic N) is 2. The summed E-state index contributed by atoms with van der Waals surface area (Å²) in [6.45, 7) is 2.00. The van der Waals surface area contributed by atoms with Gasteiger partial charge in [-0.15, -0.1) is 0 Å². The average molecular weight is 417 g/mol. The summed E-state index contributed by atoms with van der Waals surface area (Å²) in [4.78, 5) is 22.0. The van der Waals surface area contributed by atoms with Gasteiger partial charge in [0.1, 0.15) is 12.4 Å². The van der Waals surface area contributed by atoms with E-state index in [0.717, 1.165) is 54.3 Å². The molecule has 0 atom stereocenters. The molecule has 1 N–H and O–H groups in total. The summed E-state index contributed by atoms with van der Waals surface area (Å²) in [5.74, 6) is -0.871. The van der Waals surface area contributed by atoms with E-state index in [1.54, 1.807) is 6.92 Å². The first-order valence-electron chi connectivity index (χ1n) is 10.4. The number of anilines is 1. The van der Waals surface area contributed by atoms with Crippen LogP contribution in [-0.4, -0.2) is 16.6 Å². The van der Waals surface area contributed by atoms with E-state index in [9.17, 15) is 9.18 Å². The molecule has 6 heteroatoms. The fourth-order valence-electron chi connectivity index (χ4n) is 3.68. The van der Waals surface area contributed by atoms with Gasteiger partial charge in [-0.2, -0.15) is 0 Å². The lowest BCUT2D eigenvalue weighted by Crippen LogP contribution is -2.15. The summed E-state index contributed by atoms with van der Waals surface area (Å²) in [5.41, 5.74) is 5.34. The maximum Gasteiger partial charge on any atom is 0.257 e. The third-order valence-corrected chi connectivity index (χ3v) is 5.43. The standard InChI is InChI=1S/C25H24FN3O2/c1-17-22(14-27-15-23(17)26)25(30)28-20-11-12-21-19(13-20)9-5-6-10-24(21)29-31-16-18-7-3-2-4-8-18/h2-4,7-8,11-15H,5-6,9-10,16H2,1H3,(H,28,30). The molecular formula is C25H24FN3O2. The number of nitrogens with one attached hydrogen (secondary N) is 1. The molecule has 0 radical (unpaired) electrons. The minimum Gasteiger partial charge on any atom is -0.391 e. The molecule has 158 valence electrons. The van der Waals surface area contributed by atoms with Gasteiger partial charge in [0.05, 0.1) is 17.5 Å². The van der Waals surface area contributed by atoms with Crippen LogP contribution in [0.1, 0.15) is 51.9 Å². The number of carbonyl (C=O) groups is 1. The third-order valence-electron chi connectivity index (χ3n) is 5.43. The van der Waals surface area contributed by atoms with Crippen molar-refractivity contribution in [2.45, 2.75) is 39.2 Å². The summed E-state index contributed by atoms with van der Waals surface area (Å²) >= 11 is 0. The Bertz CT molecular complexity index is 1110. The number of hydrogen-bond acceptors (Lipinski definition) is 4. The Labute approximate surface area is 181 Å². The van der Waals surface area contributed by atoms with Crippen molar-refractivity contribution in [1.82, 2.24) is 4.98 Å². The number of pyridine rings is 1. The number of aryl methyl sites for hydroxylation is 1. The maximum atomic E-state index is 13.7. The molecule has 3 aromatic rings. The highest BCUT2D eigenvalue weighted by atomic mass is 19.1. The molecule has 0 spiro atoms. The van der Waals surface area contributed by atoms with Gasteiger partial charge in [0.2, 0.25) is 0 Å². The second-order valence-electron chi connectivity index (χ2n) is 7.62. The van der Waals surface area contributed by atoms with Gasteiger partial charge >= 0.3 is 0 Å². The van der Waals surface area contributed by atoms with E-state index in [-0.39, 0.29) is 17.0 Å². The molecule has 31 heavy (non-hydrogen) atoms. The van der Waals surface area contributed by atoms with Crippen molar-refractivity contribution in [1.29, 1.82) is 0 Å². The van der Waals surface area contributed by atoms with Gasteiger partial charge in [-0.3, -0.25) is 9.78 Å². The molecule has 0 saturated heterocycles. The van der Waals surface area contributed by atoms with Crippen LogP contribution in [0.15, 0.2) is 66.1 Å². The van der Waals surface area contributed by atoms with Crippen molar-refractivity contribution in [3.63, 3.8) is 0 Å². The van der Waals surface area contributed by atoms with Crippen molar-refractivity contribution in [2.75, 3.05) is 5.32 Å². The topological polar surface area (TPSA) is 63.6 Å². The fourth-order valence-corrected chi connectivity index (χ4v) is 3.68. The molecule has 0 saturated carbocycles. The summed E-state index contributed by atoms with van der Waals surface area (Å²) in [6, 6.07) is 15.7. The van der Waals surface area contributed by atoms with Crippen LogP contribution in [0.4, 0.5) is 10.1 Å². The van der Waals surface area contributed by atoms with E-state index in [4.69, 9.17) is 4.84 Å². The highest BCUT2D eigenvalue weighted by Gasteiger charge is 2.17. The van der Waals surface area contributed by atoms with Gasteiger partial charge in [-0.1, -0.05) is 41.6 Å². The van der Waals surface area contributed by atoms with Crippen molar-refractivity contribution in [3.8, 4) is 0 Å². The Morgan fingerprint density at radius 3 is 2.77 bits per heavy atom. The first-order chi connectivity index (χ1) is 15.1. The number of hydrogen-bond donors (Lipinski definition) is 1. The highest BCUT2D eigenvalue weighted by Crippen LogP contribution is 2.25. The number of carbonyl (C=O) groups excluding carboxylic acids is 1. The average Bonchev–Trinajstić information content (AvgIpc) is 2.98. The van der Waals surface area contributed by atoms with E-state index < -0.39 is 5.82 Å². The van der Waals surface area contributed by atoms with Crippen molar-refractivity contribution < 1.29 is 14.0 Å². The largest absolute Gasteiger partial charge is 0.391 e. The number of amides is 1. The highest BCUT2D eigenvalue weighted by molar-refractivity contribution is 6.06. The molecule has 2 aromatic carbocycles. The van der Waals surface area contributed by atoms with E-state index in [2.05, 4.69) is 15.5 Å². The second-order valence-corrected chi connectivity index (χ2v) is 7.62. The zero-order chi connectivity index (χ0) is 21.6. The smallest absolute Gasteiger partial charge is 0.257 e. The summed E-state index contributed by atoms with van der Waals surface area (Å²) in [7, 11) is 0. The Morgan fingerprint density at radius 2 is 1.94 bits per heavy atom. The predicted molar refractivity (Wildman–Crippen MR) is 119 cm³/mol. The third kappa shape index (κ3) is 4.97. The van der Waals surface area contributed by atoms with E-state index in [0.29, 0.717) is 12.3 Å². The molecule has 1 amide bonds. The number of rotatable bonds is 5. The van der Waals surface area contributed by atoms with Gasteiger partial charge in [0.25, 0.3) is 5.91 Å². The van der Waals surface area contributed by atoms with Gasteiger partial charge in [0, 0.05) is 23.0 Å². The van der Waals surface area contributed by atoms with E-state index in [1.165, 1.54) is 6.20 Å². The minimum atomic E-state index is -0.495. The second kappa shape index (κ2) is 9.51. The molecule has 0 aliphatic heterocycles. The predicted octanol–water partition coefficient (Wildman–Crippen LogP) is 5.43. The lowest BCUT2D eigenvalue weighted by atomic mass is 10.0. The minimum absolute atomic E-state index is 0.228. The molecule has 1 aliphatic carbocycles. The first kappa shape index (κ1) is 20.7. The lowest BCUT2D eigenvalue weighted by molar-refractivity contribution is 0.102. The maximum absolute atomic E-state index is 13.7. The number of aromatic nitrogens is 1. The Kier molecular flexibility index (Phi) is 6.36. The van der Waals surface area contributed by atoms with Gasteiger partial charge in [-0.25, -0.2) is 4.39 Å². The van der Waals surface area contributed by atoms with Gasteiger partial charge < -0.3 is 10.2 Å². The first-order valence-corrected chi connectivity index (χ1v) is 10.4. The summed E-state index contributed by atoms with van der Waals surface area (Å²) < 4.78 is 13.7. The molecule has 0 fully saturated rings. The van der Waals surface area contributed by atoms with Crippen LogP contribution in [0.25, 0.3) is 0 Å². The number of halogens is 1. The molecular weight excluding hydrogens is 393 g/mol. The zero-order valence-corrected chi connectivity index (χ0v) is 17.4. The molecule has 0 unspecified atom stereocenters. The van der Waals surface area contributed by atoms with Gasteiger partial charge in [-0.05, 0) is 55.9 Å². The Hall–Kier alpha value is -3.54. The van der Waals surface area contributed by atoms with Crippen molar-refractivity contribution >= 4 is 17.3 Å². The van der Waals surface area contributed by atoms with Crippen LogP contribution < -0.4 is 5.32 Å². The van der Waals surface area contributed by atoms with Crippen LogP contribution in [0.2, 0.25) is 0 Å². The molecule has 1 aromatic heterocycles. The van der Waals surface area contributed by atoms with Crippen LogP contribution in [-0.2, 0) is 17.9 Å². The molecule has 5 nitrogen and oxygen atoms in total. The summed E-state index contributed by atoms with van der Waals surface area (Å²) in [5, 5.41) is 7.28. The van der Waals surface area contributed by atoms with Crippen LogP contribution >= 0.6 is 0 Å². The Balaban J connectivity index is 1.51.